The van der Waals surface area contributed by atoms with Crippen molar-refractivity contribution in [2.45, 2.75) is 20.0 Å². The van der Waals surface area contributed by atoms with Gasteiger partial charge in [0, 0.05) is 24.2 Å². The molecule has 0 saturated heterocycles. The predicted molar refractivity (Wildman–Crippen MR) is 83.1 cm³/mol. The molecule has 3 nitrogen and oxygen atoms in total. The van der Waals surface area contributed by atoms with E-state index in [9.17, 15) is 0 Å². The Bertz CT molecular complexity index is 513. The zero-order valence-electron chi connectivity index (χ0n) is 11.2. The fourth-order valence-corrected chi connectivity index (χ4v) is 2.96. The number of pyridine rings is 1. The lowest BCUT2D eigenvalue weighted by atomic mass is 10.2. The van der Waals surface area contributed by atoms with Gasteiger partial charge in [-0.05, 0) is 37.0 Å². The maximum absolute atomic E-state index is 6.35. The molecule has 2 rings (SSSR count). The molecule has 2 aromatic heterocycles. The zero-order chi connectivity index (χ0) is 13.7. The predicted octanol–water partition coefficient (Wildman–Crippen LogP) is 3.54. The first-order valence-corrected chi connectivity index (χ1v) is 7.56. The molecule has 1 N–H and O–H groups in total. The van der Waals surface area contributed by atoms with E-state index in [2.05, 4.69) is 39.6 Å². The van der Waals surface area contributed by atoms with Gasteiger partial charge < -0.3 is 10.2 Å². The van der Waals surface area contributed by atoms with Gasteiger partial charge in [-0.3, -0.25) is 0 Å². The van der Waals surface area contributed by atoms with Crippen molar-refractivity contribution in [3.05, 3.63) is 45.2 Å². The molecule has 5 heteroatoms. The van der Waals surface area contributed by atoms with Crippen LogP contribution < -0.4 is 10.2 Å². The average molecular weight is 296 g/mol. The molecule has 2 aromatic rings. The average Bonchev–Trinajstić information content (AvgIpc) is 2.90. The molecule has 19 heavy (non-hydrogen) atoms. The lowest BCUT2D eigenvalue weighted by Crippen LogP contribution is -2.23. The van der Waals surface area contributed by atoms with E-state index >= 15 is 0 Å². The van der Waals surface area contributed by atoms with E-state index in [-0.39, 0.29) is 0 Å². The number of rotatable bonds is 6. The highest BCUT2D eigenvalue weighted by Gasteiger charge is 2.12. The van der Waals surface area contributed by atoms with Gasteiger partial charge in [-0.25, -0.2) is 4.98 Å². The molecule has 102 valence electrons. The van der Waals surface area contributed by atoms with Gasteiger partial charge >= 0.3 is 0 Å². The third kappa shape index (κ3) is 3.69. The standard InChI is InChI=1S/C14H18ClN3S/c1-3-18(10-12-5-4-6-19-12)14-13(15)7-11(8-16-2)9-17-14/h4-7,9,16H,3,8,10H2,1-2H3. The molecule has 0 radical (unpaired) electrons. The van der Waals surface area contributed by atoms with Crippen molar-refractivity contribution in [2.75, 3.05) is 18.5 Å². The number of thiophene rings is 1. The number of halogens is 1. The summed E-state index contributed by atoms with van der Waals surface area (Å²) in [5, 5.41) is 5.91. The van der Waals surface area contributed by atoms with E-state index in [4.69, 9.17) is 11.6 Å². The van der Waals surface area contributed by atoms with Gasteiger partial charge in [0.05, 0.1) is 11.6 Å². The minimum absolute atomic E-state index is 0.714. The van der Waals surface area contributed by atoms with Crippen LogP contribution in [0.5, 0.6) is 0 Å². The van der Waals surface area contributed by atoms with E-state index in [1.54, 1.807) is 11.3 Å². The maximum atomic E-state index is 6.35. The fourth-order valence-electron chi connectivity index (χ4n) is 1.93. The highest BCUT2D eigenvalue weighted by molar-refractivity contribution is 7.09. The number of nitrogens with zero attached hydrogens (tertiary/aromatic N) is 2. The quantitative estimate of drug-likeness (QED) is 0.883. The Morgan fingerprint density at radius 2 is 2.32 bits per heavy atom. The van der Waals surface area contributed by atoms with Crippen molar-refractivity contribution in [1.29, 1.82) is 0 Å². The van der Waals surface area contributed by atoms with Crippen molar-refractivity contribution in [3.8, 4) is 0 Å². The molecular weight excluding hydrogens is 278 g/mol. The van der Waals surface area contributed by atoms with Crippen molar-refractivity contribution in [3.63, 3.8) is 0 Å². The minimum Gasteiger partial charge on any atom is -0.351 e. The molecule has 0 spiro atoms. The van der Waals surface area contributed by atoms with E-state index < -0.39 is 0 Å². The number of hydrogen-bond acceptors (Lipinski definition) is 4. The minimum atomic E-state index is 0.714. The summed E-state index contributed by atoms with van der Waals surface area (Å²) in [6, 6.07) is 6.19. The Morgan fingerprint density at radius 1 is 1.47 bits per heavy atom. The molecule has 0 amide bonds. The SMILES string of the molecule is CCN(Cc1cccs1)c1ncc(CNC)cc1Cl. The summed E-state index contributed by atoms with van der Waals surface area (Å²) in [6.07, 6.45) is 1.88. The van der Waals surface area contributed by atoms with Crippen molar-refractivity contribution in [1.82, 2.24) is 10.3 Å². The second-order valence-electron chi connectivity index (χ2n) is 4.27. The van der Waals surface area contributed by atoms with E-state index in [1.165, 1.54) is 4.88 Å². The number of anilines is 1. The summed E-state index contributed by atoms with van der Waals surface area (Å²) in [4.78, 5) is 8.02. The number of aromatic nitrogens is 1. The Morgan fingerprint density at radius 3 is 2.89 bits per heavy atom. The topological polar surface area (TPSA) is 28.2 Å². The van der Waals surface area contributed by atoms with Crippen LogP contribution >= 0.6 is 22.9 Å². The zero-order valence-corrected chi connectivity index (χ0v) is 12.8. The first-order valence-electron chi connectivity index (χ1n) is 6.31. The molecular formula is C14H18ClN3S. The summed E-state index contributed by atoms with van der Waals surface area (Å²) in [5.41, 5.74) is 1.10. The fraction of sp³-hybridized carbons (Fsp3) is 0.357. The van der Waals surface area contributed by atoms with E-state index in [0.29, 0.717) is 5.02 Å². The molecule has 0 atom stereocenters. The highest BCUT2D eigenvalue weighted by atomic mass is 35.5. The molecule has 0 aromatic carbocycles. The Balaban J connectivity index is 2.18. The number of hydrogen-bond donors (Lipinski definition) is 1. The normalized spacial score (nSPS) is 10.7. The Labute approximate surface area is 123 Å². The van der Waals surface area contributed by atoms with Crippen LogP contribution in [0.15, 0.2) is 29.8 Å². The number of nitrogens with one attached hydrogen (secondary N) is 1. The summed E-state index contributed by atoms with van der Waals surface area (Å²) >= 11 is 8.11. The Kier molecular flexibility index (Phi) is 5.19. The van der Waals surface area contributed by atoms with Gasteiger partial charge in [0.25, 0.3) is 0 Å². The summed E-state index contributed by atoms with van der Waals surface area (Å²) in [6.45, 7) is 4.64. The monoisotopic (exact) mass is 295 g/mol. The third-order valence-electron chi connectivity index (χ3n) is 2.87. The Hall–Kier alpha value is -1.10. The van der Waals surface area contributed by atoms with Crippen LogP contribution in [0, 0.1) is 0 Å². The lowest BCUT2D eigenvalue weighted by molar-refractivity contribution is 0.799. The molecule has 0 unspecified atom stereocenters. The summed E-state index contributed by atoms with van der Waals surface area (Å²) in [5.74, 6) is 0.859. The van der Waals surface area contributed by atoms with Crippen LogP contribution in [0.25, 0.3) is 0 Å². The highest BCUT2D eigenvalue weighted by Crippen LogP contribution is 2.26. The van der Waals surface area contributed by atoms with Gasteiger partial charge in [0.15, 0.2) is 0 Å². The third-order valence-corrected chi connectivity index (χ3v) is 4.01. The van der Waals surface area contributed by atoms with Crippen LogP contribution in [0.4, 0.5) is 5.82 Å². The summed E-state index contributed by atoms with van der Waals surface area (Å²) < 4.78 is 0. The molecule has 0 aliphatic carbocycles. The van der Waals surface area contributed by atoms with Crippen molar-refractivity contribution < 1.29 is 0 Å². The molecule has 0 bridgehead atoms. The van der Waals surface area contributed by atoms with Crippen molar-refractivity contribution >= 4 is 28.8 Å². The van der Waals surface area contributed by atoms with Crippen molar-refractivity contribution in [2.24, 2.45) is 0 Å². The van der Waals surface area contributed by atoms with E-state index in [0.717, 1.165) is 31.0 Å². The van der Waals surface area contributed by atoms with Crippen LogP contribution in [0.1, 0.15) is 17.4 Å². The molecule has 0 saturated carbocycles. The smallest absolute Gasteiger partial charge is 0.147 e. The van der Waals surface area contributed by atoms with Gasteiger partial charge in [-0.2, -0.15) is 0 Å². The van der Waals surface area contributed by atoms with Gasteiger partial charge in [-0.1, -0.05) is 17.7 Å². The molecule has 2 heterocycles. The van der Waals surface area contributed by atoms with Crippen LogP contribution in [0.3, 0.4) is 0 Å². The van der Waals surface area contributed by atoms with Gasteiger partial charge in [0.2, 0.25) is 0 Å². The second kappa shape index (κ2) is 6.89. The molecule has 0 aliphatic heterocycles. The second-order valence-corrected chi connectivity index (χ2v) is 5.71. The summed E-state index contributed by atoms with van der Waals surface area (Å²) in [7, 11) is 1.91. The molecule has 0 fully saturated rings. The van der Waals surface area contributed by atoms with Gasteiger partial charge in [0.1, 0.15) is 5.82 Å². The van der Waals surface area contributed by atoms with E-state index in [1.807, 2.05) is 19.3 Å². The van der Waals surface area contributed by atoms with Crippen LogP contribution in [-0.2, 0) is 13.1 Å². The lowest BCUT2D eigenvalue weighted by Gasteiger charge is -2.22. The first-order chi connectivity index (χ1) is 9.24. The first kappa shape index (κ1) is 14.3. The maximum Gasteiger partial charge on any atom is 0.147 e. The molecule has 0 aliphatic rings. The van der Waals surface area contributed by atoms with Gasteiger partial charge in [-0.15, -0.1) is 11.3 Å². The van der Waals surface area contributed by atoms with Crippen LogP contribution in [0.2, 0.25) is 5.02 Å². The largest absolute Gasteiger partial charge is 0.351 e. The van der Waals surface area contributed by atoms with Crippen LogP contribution in [-0.4, -0.2) is 18.6 Å².